The van der Waals surface area contributed by atoms with Gasteiger partial charge in [-0.05, 0) is 32.6 Å². The molecule has 3 heteroatoms. The summed E-state index contributed by atoms with van der Waals surface area (Å²) in [5, 5.41) is 0. The second-order valence-electron chi connectivity index (χ2n) is 9.12. The molecular weight excluding hydrogens is 372 g/mol. The van der Waals surface area contributed by atoms with Crippen molar-refractivity contribution in [3.05, 3.63) is 12.7 Å². The average Bonchev–Trinajstić information content (AvgIpc) is 2.75. The highest BCUT2D eigenvalue weighted by molar-refractivity contribution is 5.81. The fourth-order valence-electron chi connectivity index (χ4n) is 3.96. The minimum Gasteiger partial charge on any atom is -0.463 e. The molecule has 3 nitrogen and oxygen atoms in total. The molecule has 0 saturated carbocycles. The summed E-state index contributed by atoms with van der Waals surface area (Å²) in [5.74, 6) is -0.330. The van der Waals surface area contributed by atoms with Crippen LogP contribution < -0.4 is 0 Å². The van der Waals surface area contributed by atoms with Crippen molar-refractivity contribution in [1.29, 1.82) is 0 Å². The van der Waals surface area contributed by atoms with Crippen LogP contribution in [0.15, 0.2) is 12.7 Å². The fourth-order valence-corrected chi connectivity index (χ4v) is 3.96. The van der Waals surface area contributed by atoms with E-state index < -0.39 is 0 Å². The maximum atomic E-state index is 11.2. The van der Waals surface area contributed by atoms with Gasteiger partial charge in [0.2, 0.25) is 0 Å². The van der Waals surface area contributed by atoms with Crippen LogP contribution in [-0.2, 0) is 14.3 Å². The van der Waals surface area contributed by atoms with Gasteiger partial charge in [0.1, 0.15) is 0 Å². The minimum absolute atomic E-state index is 0.0921. The van der Waals surface area contributed by atoms with Crippen molar-refractivity contribution in [3.8, 4) is 0 Å². The highest BCUT2D eigenvalue weighted by Crippen LogP contribution is 2.26. The molecule has 1 unspecified atom stereocenters. The van der Waals surface area contributed by atoms with Gasteiger partial charge < -0.3 is 9.47 Å². The number of carbonyl (C=O) groups is 1. The lowest BCUT2D eigenvalue weighted by Gasteiger charge is -2.30. The van der Waals surface area contributed by atoms with E-state index in [0.717, 1.165) is 32.3 Å². The highest BCUT2D eigenvalue weighted by atomic mass is 16.5. The van der Waals surface area contributed by atoms with E-state index in [4.69, 9.17) is 9.47 Å². The normalized spacial score (nSPS) is 13.2. The number of hydrogen-bond donors (Lipinski definition) is 0. The first-order valence-electron chi connectivity index (χ1n) is 13.0. The molecule has 0 spiro atoms. The molecule has 0 heterocycles. The molecular formula is C27H52O3. The van der Waals surface area contributed by atoms with Gasteiger partial charge in [-0.15, -0.1) is 0 Å². The van der Waals surface area contributed by atoms with E-state index in [9.17, 15) is 4.79 Å². The highest BCUT2D eigenvalue weighted by Gasteiger charge is 2.24. The molecule has 0 aromatic heterocycles. The Morgan fingerprint density at radius 1 is 0.700 bits per heavy atom. The Morgan fingerprint density at radius 3 is 1.70 bits per heavy atom. The van der Waals surface area contributed by atoms with Crippen LogP contribution in [0.5, 0.6) is 0 Å². The predicted octanol–water partition coefficient (Wildman–Crippen LogP) is 8.55. The van der Waals surface area contributed by atoms with Crippen molar-refractivity contribution in [2.75, 3.05) is 13.2 Å². The maximum Gasteiger partial charge on any atom is 0.330 e. The zero-order chi connectivity index (χ0) is 22.3. The summed E-state index contributed by atoms with van der Waals surface area (Å²) in [4.78, 5) is 11.2. The first kappa shape index (κ1) is 29.2. The van der Waals surface area contributed by atoms with E-state index in [-0.39, 0.29) is 11.6 Å². The van der Waals surface area contributed by atoms with E-state index >= 15 is 0 Å². The number of ether oxygens (including phenoxy) is 2. The second-order valence-corrected chi connectivity index (χ2v) is 9.12. The van der Waals surface area contributed by atoms with Crippen molar-refractivity contribution in [2.24, 2.45) is 0 Å². The van der Waals surface area contributed by atoms with Gasteiger partial charge in [-0.1, -0.05) is 110 Å². The average molecular weight is 425 g/mol. The standard InChI is InChI=1S/C27H52O3/c1-5-8-10-12-14-16-18-20-25-30-27(4,23-21-24-29-26(28)7-3)22-19-17-15-13-11-9-6-2/h7H,3,5-6,8-25H2,1-2,4H3. The third-order valence-electron chi connectivity index (χ3n) is 6.02. The van der Waals surface area contributed by atoms with Gasteiger partial charge in [0.05, 0.1) is 12.2 Å². The van der Waals surface area contributed by atoms with Gasteiger partial charge >= 0.3 is 5.97 Å². The SMILES string of the molecule is C=CC(=O)OCCCC(C)(CCCCCCCCC)OCCCCCCCCCC. The third-order valence-corrected chi connectivity index (χ3v) is 6.02. The molecule has 0 rings (SSSR count). The van der Waals surface area contributed by atoms with E-state index in [0.29, 0.717) is 6.61 Å². The van der Waals surface area contributed by atoms with E-state index in [2.05, 4.69) is 27.4 Å². The van der Waals surface area contributed by atoms with Crippen LogP contribution in [0.3, 0.4) is 0 Å². The largest absolute Gasteiger partial charge is 0.463 e. The van der Waals surface area contributed by atoms with Gasteiger partial charge in [-0.2, -0.15) is 0 Å². The number of rotatable bonds is 23. The first-order chi connectivity index (χ1) is 14.6. The molecule has 0 saturated heterocycles. The van der Waals surface area contributed by atoms with Gasteiger partial charge in [0, 0.05) is 12.7 Å². The molecule has 0 radical (unpaired) electrons. The van der Waals surface area contributed by atoms with E-state index in [1.807, 2.05) is 0 Å². The second kappa shape index (κ2) is 21.4. The Kier molecular flexibility index (Phi) is 20.8. The Hall–Kier alpha value is -0.830. The summed E-state index contributed by atoms with van der Waals surface area (Å²) >= 11 is 0. The van der Waals surface area contributed by atoms with Crippen molar-refractivity contribution < 1.29 is 14.3 Å². The van der Waals surface area contributed by atoms with Crippen molar-refractivity contribution >= 4 is 5.97 Å². The lowest BCUT2D eigenvalue weighted by atomic mass is 9.92. The molecule has 0 fully saturated rings. The molecule has 0 bridgehead atoms. The molecule has 1 atom stereocenters. The molecule has 0 aromatic rings. The Morgan fingerprint density at radius 2 is 1.17 bits per heavy atom. The molecule has 0 aromatic carbocycles. The smallest absolute Gasteiger partial charge is 0.330 e. The fraction of sp³-hybridized carbons (Fsp3) is 0.889. The van der Waals surface area contributed by atoms with Gasteiger partial charge in [-0.3, -0.25) is 0 Å². The van der Waals surface area contributed by atoms with Crippen LogP contribution >= 0.6 is 0 Å². The first-order valence-corrected chi connectivity index (χ1v) is 13.0. The monoisotopic (exact) mass is 424 g/mol. The number of carbonyl (C=O) groups excluding carboxylic acids is 1. The number of esters is 1. The molecule has 0 aliphatic heterocycles. The zero-order valence-electron chi connectivity index (χ0n) is 20.7. The van der Waals surface area contributed by atoms with Crippen molar-refractivity contribution in [2.45, 2.75) is 142 Å². The molecule has 0 aliphatic rings. The summed E-state index contributed by atoms with van der Waals surface area (Å²) in [6, 6.07) is 0. The van der Waals surface area contributed by atoms with Crippen molar-refractivity contribution in [3.63, 3.8) is 0 Å². The van der Waals surface area contributed by atoms with Gasteiger partial charge in [0.25, 0.3) is 0 Å². The molecule has 0 N–H and O–H groups in total. The predicted molar refractivity (Wildman–Crippen MR) is 130 cm³/mol. The van der Waals surface area contributed by atoms with Crippen molar-refractivity contribution in [1.82, 2.24) is 0 Å². The summed E-state index contributed by atoms with van der Waals surface area (Å²) < 4.78 is 11.5. The van der Waals surface area contributed by atoms with Gasteiger partial charge in [-0.25, -0.2) is 4.79 Å². The summed E-state index contributed by atoms with van der Waals surface area (Å²) in [6.07, 6.45) is 24.0. The van der Waals surface area contributed by atoms with E-state index in [1.54, 1.807) is 0 Å². The Labute approximate surface area is 188 Å². The summed E-state index contributed by atoms with van der Waals surface area (Å²) in [5.41, 5.74) is -0.0921. The van der Waals surface area contributed by atoms with Crippen LogP contribution in [0, 0.1) is 0 Å². The third kappa shape index (κ3) is 19.2. The lowest BCUT2D eigenvalue weighted by molar-refractivity contribution is -0.138. The Balaban J connectivity index is 4.09. The van der Waals surface area contributed by atoms with Crippen LogP contribution in [0.2, 0.25) is 0 Å². The quantitative estimate of drug-likeness (QED) is 0.0936. The van der Waals surface area contributed by atoms with Crippen LogP contribution in [0.25, 0.3) is 0 Å². The Bertz CT molecular complexity index is 394. The molecule has 0 aliphatic carbocycles. The molecule has 30 heavy (non-hydrogen) atoms. The molecule has 178 valence electrons. The number of hydrogen-bond acceptors (Lipinski definition) is 3. The zero-order valence-corrected chi connectivity index (χ0v) is 20.7. The van der Waals surface area contributed by atoms with Crippen LogP contribution in [0.4, 0.5) is 0 Å². The van der Waals surface area contributed by atoms with Gasteiger partial charge in [0.15, 0.2) is 0 Å². The molecule has 0 amide bonds. The topological polar surface area (TPSA) is 35.5 Å². The van der Waals surface area contributed by atoms with Crippen LogP contribution in [-0.4, -0.2) is 24.8 Å². The lowest BCUT2D eigenvalue weighted by Crippen LogP contribution is -2.30. The summed E-state index contributed by atoms with van der Waals surface area (Å²) in [7, 11) is 0. The minimum atomic E-state index is -0.330. The summed E-state index contributed by atoms with van der Waals surface area (Å²) in [6.45, 7) is 11.6. The van der Waals surface area contributed by atoms with Crippen LogP contribution in [0.1, 0.15) is 136 Å². The maximum absolute atomic E-state index is 11.2. The number of unbranched alkanes of at least 4 members (excludes halogenated alkanes) is 13. The van der Waals surface area contributed by atoms with E-state index in [1.165, 1.54) is 96.0 Å².